The Morgan fingerprint density at radius 2 is 2.32 bits per heavy atom. The molecule has 1 heterocycles. The van der Waals surface area contributed by atoms with Crippen molar-refractivity contribution in [2.75, 3.05) is 0 Å². The van der Waals surface area contributed by atoms with Crippen LogP contribution in [0.1, 0.15) is 26.7 Å². The lowest BCUT2D eigenvalue weighted by atomic mass is 9.96. The van der Waals surface area contributed by atoms with Gasteiger partial charge in [-0.1, -0.05) is 30.1 Å². The molecule has 0 radical (unpaired) electrons. The first-order chi connectivity index (χ1) is 8.99. The van der Waals surface area contributed by atoms with Crippen LogP contribution in [0.3, 0.4) is 0 Å². The first-order valence-corrected chi connectivity index (χ1v) is 6.42. The molecular weight excluding hydrogens is 240 g/mol. The summed E-state index contributed by atoms with van der Waals surface area (Å²) in [5, 5.41) is 9.62. The Balaban J connectivity index is 1.94. The van der Waals surface area contributed by atoms with Crippen molar-refractivity contribution in [2.24, 2.45) is 0 Å². The van der Waals surface area contributed by atoms with Crippen LogP contribution in [-0.2, 0) is 9.53 Å². The first-order valence-electron chi connectivity index (χ1n) is 6.42. The number of aliphatic hydroxyl groups excluding tert-OH is 1. The maximum Gasteiger partial charge on any atom is 0.202 e. The number of carbonyl (C=O) groups excluding carboxylic acids is 1. The minimum absolute atomic E-state index is 0.125. The van der Waals surface area contributed by atoms with E-state index in [1.165, 1.54) is 11.6 Å². The lowest BCUT2D eigenvalue weighted by Crippen LogP contribution is -2.26. The maximum absolute atomic E-state index is 11.8. The average molecular weight is 258 g/mol. The molecule has 1 N–H and O–H groups in total. The molecule has 19 heavy (non-hydrogen) atoms. The molecule has 1 fully saturated rings. The Morgan fingerprint density at radius 3 is 3.00 bits per heavy atom. The molecule has 3 atom stereocenters. The van der Waals surface area contributed by atoms with Crippen molar-refractivity contribution in [3.63, 3.8) is 0 Å². The third-order valence-electron chi connectivity index (χ3n) is 3.10. The number of allylic oxidation sites excluding steroid dienone is 3. The zero-order chi connectivity index (χ0) is 14.0. The second-order valence-electron chi connectivity index (χ2n) is 5.13. The molecular formula is C16H18O3. The van der Waals surface area contributed by atoms with Crippen LogP contribution in [0.2, 0.25) is 0 Å². The van der Waals surface area contributed by atoms with E-state index in [-0.39, 0.29) is 11.9 Å². The summed E-state index contributed by atoms with van der Waals surface area (Å²) in [5.41, 5.74) is 2.40. The summed E-state index contributed by atoms with van der Waals surface area (Å²) in [4.78, 5) is 11.8. The monoisotopic (exact) mass is 258 g/mol. The Hall–Kier alpha value is -1.63. The largest absolute Gasteiger partial charge is 0.386 e. The number of ether oxygens (including phenoxy) is 1. The van der Waals surface area contributed by atoms with Crippen LogP contribution in [0.4, 0.5) is 0 Å². The van der Waals surface area contributed by atoms with E-state index >= 15 is 0 Å². The van der Waals surface area contributed by atoms with E-state index in [0.29, 0.717) is 5.57 Å². The number of rotatable bonds is 3. The first kappa shape index (κ1) is 13.8. The van der Waals surface area contributed by atoms with Crippen LogP contribution in [0, 0.1) is 11.8 Å². The number of ketones is 1. The highest BCUT2D eigenvalue weighted by atomic mass is 16.6. The van der Waals surface area contributed by atoms with Crippen molar-refractivity contribution in [2.45, 2.75) is 45.0 Å². The summed E-state index contributed by atoms with van der Waals surface area (Å²) in [6.07, 6.45) is 3.74. The van der Waals surface area contributed by atoms with E-state index in [4.69, 9.17) is 4.74 Å². The zero-order valence-corrected chi connectivity index (χ0v) is 11.3. The van der Waals surface area contributed by atoms with Gasteiger partial charge < -0.3 is 9.84 Å². The van der Waals surface area contributed by atoms with Crippen LogP contribution in [0.15, 0.2) is 35.5 Å². The van der Waals surface area contributed by atoms with Gasteiger partial charge >= 0.3 is 0 Å². The average Bonchev–Trinajstić information content (AvgIpc) is 3.12. The highest BCUT2D eigenvalue weighted by molar-refractivity contribution is 6.05. The Labute approximate surface area is 113 Å². The van der Waals surface area contributed by atoms with E-state index in [1.807, 2.05) is 13.8 Å². The predicted octanol–water partition coefficient (Wildman–Crippen LogP) is 1.93. The highest BCUT2D eigenvalue weighted by Crippen LogP contribution is 2.33. The molecule has 100 valence electrons. The summed E-state index contributed by atoms with van der Waals surface area (Å²) < 4.78 is 5.08. The van der Waals surface area contributed by atoms with E-state index < -0.39 is 12.2 Å². The summed E-state index contributed by atoms with van der Waals surface area (Å²) in [6.45, 7) is 7.97. The predicted molar refractivity (Wildman–Crippen MR) is 73.3 cm³/mol. The number of Topliss-reactive ketones (excluding diaryl/α,β-unsaturated/α-hetero) is 1. The molecule has 0 bridgehead atoms. The van der Waals surface area contributed by atoms with Gasteiger partial charge in [0, 0.05) is 0 Å². The van der Waals surface area contributed by atoms with E-state index in [0.717, 1.165) is 18.4 Å². The molecule has 1 aliphatic carbocycles. The molecule has 0 aromatic heterocycles. The zero-order valence-electron chi connectivity index (χ0n) is 11.3. The second-order valence-corrected chi connectivity index (χ2v) is 5.13. The molecule has 0 saturated carbocycles. The molecule has 0 amide bonds. The number of aliphatic hydroxyl groups is 1. The SMILES string of the molecule is C=C(C#CC1=C[C@@H](O)[C@@H]2O[C@@H]2C1=O)CCC=C(C)C. The number of hydrogen-bond donors (Lipinski definition) is 1. The molecule has 2 rings (SSSR count). The van der Waals surface area contributed by atoms with Gasteiger partial charge in [0.1, 0.15) is 12.2 Å². The van der Waals surface area contributed by atoms with Gasteiger partial charge in [0.15, 0.2) is 6.10 Å². The van der Waals surface area contributed by atoms with Gasteiger partial charge in [-0.2, -0.15) is 0 Å². The minimum atomic E-state index is -0.717. The third kappa shape index (κ3) is 3.44. The normalized spacial score (nSPS) is 27.6. The van der Waals surface area contributed by atoms with Gasteiger partial charge in [-0.25, -0.2) is 0 Å². The van der Waals surface area contributed by atoms with Crippen molar-refractivity contribution >= 4 is 5.78 Å². The van der Waals surface area contributed by atoms with Gasteiger partial charge in [-0.05, 0) is 38.3 Å². The van der Waals surface area contributed by atoms with Crippen LogP contribution in [-0.4, -0.2) is 29.2 Å². The van der Waals surface area contributed by atoms with Crippen molar-refractivity contribution in [3.05, 3.63) is 35.5 Å². The third-order valence-corrected chi connectivity index (χ3v) is 3.10. The van der Waals surface area contributed by atoms with Crippen molar-refractivity contribution in [1.82, 2.24) is 0 Å². The van der Waals surface area contributed by atoms with Crippen LogP contribution in [0.5, 0.6) is 0 Å². The van der Waals surface area contributed by atoms with Gasteiger partial charge in [0.05, 0.1) is 5.57 Å². The Bertz CT molecular complexity index is 524. The van der Waals surface area contributed by atoms with Crippen LogP contribution >= 0.6 is 0 Å². The molecule has 0 aromatic carbocycles. The number of fused-ring (bicyclic) bond motifs is 1. The molecule has 0 spiro atoms. The summed E-state index contributed by atoms with van der Waals surface area (Å²) in [6, 6.07) is 0. The maximum atomic E-state index is 11.8. The molecule has 2 aliphatic rings. The minimum Gasteiger partial charge on any atom is -0.386 e. The van der Waals surface area contributed by atoms with E-state index in [1.54, 1.807) is 0 Å². The van der Waals surface area contributed by atoms with Gasteiger partial charge in [0.2, 0.25) is 5.78 Å². The lowest BCUT2D eigenvalue weighted by molar-refractivity contribution is -0.116. The molecule has 3 nitrogen and oxygen atoms in total. The molecule has 3 heteroatoms. The fourth-order valence-corrected chi connectivity index (χ4v) is 1.95. The molecule has 1 aliphatic heterocycles. The Morgan fingerprint density at radius 1 is 1.58 bits per heavy atom. The van der Waals surface area contributed by atoms with Crippen molar-refractivity contribution < 1.29 is 14.6 Å². The highest BCUT2D eigenvalue weighted by Gasteiger charge is 2.52. The van der Waals surface area contributed by atoms with E-state index in [2.05, 4.69) is 24.5 Å². The lowest BCUT2D eigenvalue weighted by Gasteiger charge is -2.07. The van der Waals surface area contributed by atoms with E-state index in [9.17, 15) is 9.90 Å². The number of carbonyl (C=O) groups is 1. The summed E-state index contributed by atoms with van der Waals surface area (Å²) >= 11 is 0. The smallest absolute Gasteiger partial charge is 0.202 e. The molecule has 0 aromatic rings. The van der Waals surface area contributed by atoms with Crippen LogP contribution in [0.25, 0.3) is 0 Å². The summed E-state index contributed by atoms with van der Waals surface area (Å²) in [7, 11) is 0. The quantitative estimate of drug-likeness (QED) is 0.478. The second kappa shape index (κ2) is 5.56. The fraction of sp³-hybridized carbons (Fsp3) is 0.438. The van der Waals surface area contributed by atoms with Crippen molar-refractivity contribution in [3.8, 4) is 11.8 Å². The molecule has 0 unspecified atom stereocenters. The van der Waals surface area contributed by atoms with Gasteiger partial charge in [-0.15, -0.1) is 0 Å². The van der Waals surface area contributed by atoms with Gasteiger partial charge in [-0.3, -0.25) is 4.79 Å². The van der Waals surface area contributed by atoms with Crippen LogP contribution < -0.4 is 0 Å². The number of hydrogen-bond acceptors (Lipinski definition) is 3. The topological polar surface area (TPSA) is 49.8 Å². The molecule has 1 saturated heterocycles. The summed E-state index contributed by atoms with van der Waals surface area (Å²) in [5.74, 6) is 5.56. The Kier molecular flexibility index (Phi) is 4.04. The van der Waals surface area contributed by atoms with Gasteiger partial charge in [0.25, 0.3) is 0 Å². The van der Waals surface area contributed by atoms with Crippen molar-refractivity contribution in [1.29, 1.82) is 0 Å². The standard InChI is InChI=1S/C16H18O3/c1-10(2)5-4-6-11(3)7-8-12-9-13(17)15-16(19-15)14(12)18/h5,9,13,15-17H,3-4,6H2,1-2H3/t13-,15+,16-/m1/s1. The number of epoxide rings is 1. The fourth-order valence-electron chi connectivity index (χ4n) is 1.95.